The first-order chi connectivity index (χ1) is 4.76. The quantitative estimate of drug-likeness (QED) is 0.636. The average Bonchev–Trinajstić information content (AvgIpc) is 1.82. The lowest BCUT2D eigenvalue weighted by Gasteiger charge is -2.28. The minimum absolute atomic E-state index is 0.363. The Morgan fingerprint density at radius 2 is 1.73 bits per heavy atom. The maximum absolute atomic E-state index is 10.4. The van der Waals surface area contributed by atoms with E-state index in [1.807, 2.05) is 20.8 Å². The predicted octanol–water partition coefficient (Wildman–Crippen LogP) is 1.11. The van der Waals surface area contributed by atoms with E-state index < -0.39 is 18.0 Å². The first-order valence-corrected chi connectivity index (χ1v) is 3.67. The molecule has 0 radical (unpaired) electrons. The van der Waals surface area contributed by atoms with Gasteiger partial charge in [0.1, 0.15) is 0 Å². The number of carboxylic acids is 1. The molecular weight excluding hydrogens is 144 g/mol. The number of hydrogen-bond acceptors (Lipinski definition) is 2. The molecule has 2 atom stereocenters. The lowest BCUT2D eigenvalue weighted by molar-refractivity contribution is -0.147. The largest absolute Gasteiger partial charge is 0.481 e. The van der Waals surface area contributed by atoms with E-state index in [1.54, 1.807) is 0 Å². The van der Waals surface area contributed by atoms with Crippen LogP contribution in [0.25, 0.3) is 0 Å². The van der Waals surface area contributed by atoms with Crippen LogP contribution in [0.4, 0.5) is 0 Å². The minimum atomic E-state index is -0.951. The number of rotatable bonds is 2. The van der Waals surface area contributed by atoms with Crippen molar-refractivity contribution >= 4 is 5.97 Å². The van der Waals surface area contributed by atoms with E-state index in [0.717, 1.165) is 0 Å². The molecule has 0 unspecified atom stereocenters. The molecule has 0 saturated heterocycles. The van der Waals surface area contributed by atoms with Crippen molar-refractivity contribution < 1.29 is 15.0 Å². The van der Waals surface area contributed by atoms with Gasteiger partial charge in [-0.05, 0) is 12.3 Å². The Kier molecular flexibility index (Phi) is 3.05. The highest BCUT2D eigenvalue weighted by Gasteiger charge is 2.31. The van der Waals surface area contributed by atoms with E-state index in [0.29, 0.717) is 0 Å². The van der Waals surface area contributed by atoms with Gasteiger partial charge >= 0.3 is 5.97 Å². The molecular formula is C8H16O3. The van der Waals surface area contributed by atoms with Crippen molar-refractivity contribution in [2.75, 3.05) is 0 Å². The maximum atomic E-state index is 10.4. The number of hydrogen-bond donors (Lipinski definition) is 2. The summed E-state index contributed by atoms with van der Waals surface area (Å²) in [6.45, 7) is 6.96. The molecule has 0 aromatic heterocycles. The number of carboxylic acid groups (broad SMARTS) is 1. The van der Waals surface area contributed by atoms with Crippen LogP contribution < -0.4 is 0 Å². The van der Waals surface area contributed by atoms with Crippen LogP contribution >= 0.6 is 0 Å². The van der Waals surface area contributed by atoms with Crippen molar-refractivity contribution in [3.05, 3.63) is 0 Å². The Hall–Kier alpha value is -0.570. The number of aliphatic hydroxyl groups is 1. The van der Waals surface area contributed by atoms with Gasteiger partial charge < -0.3 is 10.2 Å². The Morgan fingerprint density at radius 3 is 1.82 bits per heavy atom. The van der Waals surface area contributed by atoms with Crippen LogP contribution in [0.15, 0.2) is 0 Å². The van der Waals surface area contributed by atoms with Gasteiger partial charge in [0.15, 0.2) is 0 Å². The molecule has 0 amide bonds. The third kappa shape index (κ3) is 2.89. The molecule has 0 aliphatic carbocycles. The third-order valence-electron chi connectivity index (χ3n) is 1.75. The lowest BCUT2D eigenvalue weighted by atomic mass is 9.82. The van der Waals surface area contributed by atoms with Gasteiger partial charge in [-0.15, -0.1) is 0 Å². The molecule has 0 heterocycles. The van der Waals surface area contributed by atoms with E-state index >= 15 is 0 Å². The highest BCUT2D eigenvalue weighted by Crippen LogP contribution is 2.24. The fraction of sp³-hybridized carbons (Fsp3) is 0.875. The molecule has 0 saturated carbocycles. The van der Waals surface area contributed by atoms with Crippen LogP contribution in [0.5, 0.6) is 0 Å². The Balaban J connectivity index is 4.25. The zero-order chi connectivity index (χ0) is 9.23. The van der Waals surface area contributed by atoms with Gasteiger partial charge in [-0.2, -0.15) is 0 Å². The van der Waals surface area contributed by atoms with Crippen molar-refractivity contribution in [1.29, 1.82) is 0 Å². The summed E-state index contributed by atoms with van der Waals surface area (Å²) in [6, 6.07) is 0. The summed E-state index contributed by atoms with van der Waals surface area (Å²) >= 11 is 0. The topological polar surface area (TPSA) is 57.5 Å². The van der Waals surface area contributed by atoms with E-state index in [-0.39, 0.29) is 5.41 Å². The molecule has 0 rings (SSSR count). The maximum Gasteiger partial charge on any atom is 0.308 e. The summed E-state index contributed by atoms with van der Waals surface area (Å²) in [5.41, 5.74) is -0.363. The van der Waals surface area contributed by atoms with Gasteiger partial charge in [-0.1, -0.05) is 20.8 Å². The normalized spacial score (nSPS) is 17.5. The molecule has 66 valence electrons. The molecule has 3 heteroatoms. The second-order valence-corrected chi connectivity index (χ2v) is 3.94. The van der Waals surface area contributed by atoms with Crippen LogP contribution in [0.1, 0.15) is 27.7 Å². The second-order valence-electron chi connectivity index (χ2n) is 3.94. The summed E-state index contributed by atoms with van der Waals surface area (Å²) in [5.74, 6) is -1.65. The van der Waals surface area contributed by atoms with Gasteiger partial charge in [0.2, 0.25) is 0 Å². The monoisotopic (exact) mass is 160 g/mol. The van der Waals surface area contributed by atoms with Crippen LogP contribution in [0.2, 0.25) is 0 Å². The Bertz CT molecular complexity index is 146. The lowest BCUT2D eigenvalue weighted by Crippen LogP contribution is -2.36. The van der Waals surface area contributed by atoms with Gasteiger partial charge in [0.25, 0.3) is 0 Å². The van der Waals surface area contributed by atoms with Crippen molar-refractivity contribution in [1.82, 2.24) is 0 Å². The van der Waals surface area contributed by atoms with Gasteiger partial charge in [0.05, 0.1) is 12.0 Å². The van der Waals surface area contributed by atoms with Gasteiger partial charge in [-0.3, -0.25) is 4.79 Å². The molecule has 0 aliphatic heterocycles. The molecule has 11 heavy (non-hydrogen) atoms. The molecule has 0 bridgehead atoms. The first-order valence-electron chi connectivity index (χ1n) is 3.67. The van der Waals surface area contributed by atoms with Crippen LogP contribution in [-0.4, -0.2) is 22.3 Å². The summed E-state index contributed by atoms with van der Waals surface area (Å²) < 4.78 is 0. The number of aliphatic carboxylic acids is 1. The zero-order valence-electron chi connectivity index (χ0n) is 7.46. The summed E-state index contributed by atoms with van der Waals surface area (Å²) in [4.78, 5) is 10.4. The second kappa shape index (κ2) is 3.22. The average molecular weight is 160 g/mol. The molecule has 2 N–H and O–H groups in total. The third-order valence-corrected chi connectivity index (χ3v) is 1.75. The van der Waals surface area contributed by atoms with E-state index in [2.05, 4.69) is 0 Å². The van der Waals surface area contributed by atoms with Crippen LogP contribution in [0, 0.1) is 11.3 Å². The van der Waals surface area contributed by atoms with Gasteiger partial charge in [-0.25, -0.2) is 0 Å². The van der Waals surface area contributed by atoms with Crippen molar-refractivity contribution in [2.24, 2.45) is 11.3 Å². The van der Waals surface area contributed by atoms with Crippen molar-refractivity contribution in [2.45, 2.75) is 33.8 Å². The van der Waals surface area contributed by atoms with Gasteiger partial charge in [0, 0.05) is 0 Å². The van der Waals surface area contributed by atoms with E-state index in [9.17, 15) is 9.90 Å². The fourth-order valence-corrected chi connectivity index (χ4v) is 0.885. The summed E-state index contributed by atoms with van der Waals surface area (Å²) in [7, 11) is 0. The predicted molar refractivity (Wildman–Crippen MR) is 42.3 cm³/mol. The highest BCUT2D eigenvalue weighted by atomic mass is 16.4. The van der Waals surface area contributed by atoms with E-state index in [4.69, 9.17) is 5.11 Å². The fourth-order valence-electron chi connectivity index (χ4n) is 0.885. The highest BCUT2D eigenvalue weighted by molar-refractivity contribution is 5.70. The van der Waals surface area contributed by atoms with Crippen LogP contribution in [-0.2, 0) is 4.79 Å². The minimum Gasteiger partial charge on any atom is -0.481 e. The molecule has 3 nitrogen and oxygen atoms in total. The zero-order valence-corrected chi connectivity index (χ0v) is 7.46. The van der Waals surface area contributed by atoms with Crippen molar-refractivity contribution in [3.8, 4) is 0 Å². The standard InChI is InChI=1S/C8H16O3/c1-5(7(10)11)6(9)8(2,3)4/h5-6,9H,1-4H3,(H,10,11)/t5-,6-/m0/s1. The summed E-state index contributed by atoms with van der Waals surface area (Å²) in [6.07, 6.45) is -0.792. The van der Waals surface area contributed by atoms with Crippen LogP contribution in [0.3, 0.4) is 0 Å². The molecule has 0 spiro atoms. The Morgan fingerprint density at radius 1 is 1.36 bits per heavy atom. The molecule has 0 aromatic carbocycles. The first kappa shape index (κ1) is 10.4. The van der Waals surface area contributed by atoms with E-state index in [1.165, 1.54) is 6.92 Å². The summed E-state index contributed by atoms with van der Waals surface area (Å²) in [5, 5.41) is 18.0. The smallest absolute Gasteiger partial charge is 0.308 e. The van der Waals surface area contributed by atoms with Crippen molar-refractivity contribution in [3.63, 3.8) is 0 Å². The number of carbonyl (C=O) groups is 1. The number of aliphatic hydroxyl groups excluding tert-OH is 1. The molecule has 0 aliphatic rings. The SMILES string of the molecule is C[C@H](C(=O)O)[C@H](O)C(C)(C)C. The molecule has 0 fully saturated rings. The Labute approximate surface area is 67.0 Å². The molecule has 0 aromatic rings.